The number of ether oxygens (including phenoxy) is 1. The van der Waals surface area contributed by atoms with E-state index in [2.05, 4.69) is 10.2 Å². The number of amides is 1. The van der Waals surface area contributed by atoms with Crippen LogP contribution in [0.4, 0.5) is 0 Å². The molecule has 0 saturated carbocycles. The largest absolute Gasteiger partial charge is 0.490 e. The molecule has 1 saturated heterocycles. The Balaban J connectivity index is 1.42. The quantitative estimate of drug-likeness (QED) is 0.554. The Hall–Kier alpha value is -1.83. The molecule has 2 aromatic carbocycles. The van der Waals surface area contributed by atoms with E-state index in [1.54, 1.807) is 49.4 Å². The van der Waals surface area contributed by atoms with Gasteiger partial charge in [0.25, 0.3) is 5.91 Å². The smallest absolute Gasteiger partial charge is 0.253 e. The van der Waals surface area contributed by atoms with Crippen molar-refractivity contribution < 1.29 is 19.7 Å². The zero-order chi connectivity index (χ0) is 22.4. The Kier molecular flexibility index (Phi) is 8.19. The second-order valence-electron chi connectivity index (χ2n) is 8.20. The predicted molar refractivity (Wildman–Crippen MR) is 122 cm³/mol. The summed E-state index contributed by atoms with van der Waals surface area (Å²) >= 11 is 12.0. The summed E-state index contributed by atoms with van der Waals surface area (Å²) in [4.78, 5) is 14.4. The van der Waals surface area contributed by atoms with E-state index in [0.29, 0.717) is 27.9 Å². The van der Waals surface area contributed by atoms with Gasteiger partial charge in [-0.1, -0.05) is 53.5 Å². The van der Waals surface area contributed by atoms with Gasteiger partial charge in [-0.3, -0.25) is 4.79 Å². The molecule has 168 valence electrons. The first-order valence-electron chi connectivity index (χ1n) is 10.3. The van der Waals surface area contributed by atoms with E-state index in [1.165, 1.54) is 0 Å². The maximum atomic E-state index is 12.2. The van der Waals surface area contributed by atoms with Crippen molar-refractivity contribution in [1.29, 1.82) is 0 Å². The summed E-state index contributed by atoms with van der Waals surface area (Å²) in [5.74, 6) is 0.166. The van der Waals surface area contributed by atoms with Crippen LogP contribution < -0.4 is 10.1 Å². The Bertz CT molecular complexity index is 871. The molecule has 0 unspecified atom stereocenters. The standard InChI is InChI=1S/C23H28Cl2N2O4/c1-23(30,14-26-22(29)21(28)16-5-3-2-4-6-16)15-27-11-9-17(10-12-27)31-18-7-8-19(24)20(25)13-18/h2-8,13,17,21,28,30H,9-12,14-15H2,1H3,(H,26,29)/t21-,23+/m1/s1. The average molecular weight is 467 g/mol. The summed E-state index contributed by atoms with van der Waals surface area (Å²) in [7, 11) is 0. The van der Waals surface area contributed by atoms with Crippen LogP contribution in [0.25, 0.3) is 0 Å². The number of halogens is 2. The molecular weight excluding hydrogens is 439 g/mol. The van der Waals surface area contributed by atoms with Crippen LogP contribution in [0.15, 0.2) is 48.5 Å². The Morgan fingerprint density at radius 1 is 1.19 bits per heavy atom. The summed E-state index contributed by atoms with van der Waals surface area (Å²) in [6.45, 7) is 3.68. The lowest BCUT2D eigenvalue weighted by Crippen LogP contribution is -2.51. The van der Waals surface area contributed by atoms with Crippen molar-refractivity contribution in [2.24, 2.45) is 0 Å². The number of aliphatic hydroxyl groups is 2. The van der Waals surface area contributed by atoms with Crippen molar-refractivity contribution in [3.05, 3.63) is 64.1 Å². The molecule has 1 fully saturated rings. The third kappa shape index (κ3) is 7.09. The molecule has 1 aliphatic rings. The molecule has 8 heteroatoms. The minimum atomic E-state index is -1.26. The van der Waals surface area contributed by atoms with E-state index < -0.39 is 17.6 Å². The highest BCUT2D eigenvalue weighted by Crippen LogP contribution is 2.28. The Labute approximate surface area is 192 Å². The van der Waals surface area contributed by atoms with Gasteiger partial charge in [0, 0.05) is 32.2 Å². The van der Waals surface area contributed by atoms with Gasteiger partial charge in [-0.05, 0) is 37.5 Å². The van der Waals surface area contributed by atoms with E-state index >= 15 is 0 Å². The van der Waals surface area contributed by atoms with E-state index in [4.69, 9.17) is 27.9 Å². The topological polar surface area (TPSA) is 82.0 Å². The Morgan fingerprint density at radius 2 is 1.87 bits per heavy atom. The molecule has 3 rings (SSSR count). The summed E-state index contributed by atoms with van der Waals surface area (Å²) in [6, 6.07) is 13.9. The number of benzene rings is 2. The summed E-state index contributed by atoms with van der Waals surface area (Å²) in [6.07, 6.45) is 0.440. The number of piperidine rings is 1. The molecule has 0 aliphatic carbocycles. The lowest BCUT2D eigenvalue weighted by atomic mass is 10.0. The number of likely N-dealkylation sites (tertiary alicyclic amines) is 1. The second kappa shape index (κ2) is 10.7. The molecule has 0 bridgehead atoms. The first-order chi connectivity index (χ1) is 14.7. The van der Waals surface area contributed by atoms with Gasteiger partial charge in [0.1, 0.15) is 11.9 Å². The molecule has 1 aliphatic heterocycles. The third-order valence-corrected chi connectivity index (χ3v) is 6.04. The minimum Gasteiger partial charge on any atom is -0.490 e. The minimum absolute atomic E-state index is 0.0510. The van der Waals surface area contributed by atoms with Crippen molar-refractivity contribution in [3.63, 3.8) is 0 Å². The monoisotopic (exact) mass is 466 g/mol. The molecule has 3 N–H and O–H groups in total. The highest BCUT2D eigenvalue weighted by Gasteiger charge is 2.29. The number of aliphatic hydroxyl groups excluding tert-OH is 1. The van der Waals surface area contributed by atoms with Crippen LogP contribution in [-0.4, -0.2) is 58.9 Å². The maximum absolute atomic E-state index is 12.2. The van der Waals surface area contributed by atoms with Crippen molar-refractivity contribution in [2.45, 2.75) is 37.6 Å². The van der Waals surface area contributed by atoms with Gasteiger partial charge in [-0.25, -0.2) is 0 Å². The lowest BCUT2D eigenvalue weighted by molar-refractivity contribution is -0.131. The van der Waals surface area contributed by atoms with Crippen LogP contribution in [-0.2, 0) is 4.79 Å². The predicted octanol–water partition coefficient (Wildman–Crippen LogP) is 3.44. The summed E-state index contributed by atoms with van der Waals surface area (Å²) in [5.41, 5.74) is -0.604. The normalized spacial score (nSPS) is 18.2. The molecule has 2 aromatic rings. The fourth-order valence-corrected chi connectivity index (χ4v) is 3.91. The molecule has 2 atom stereocenters. The van der Waals surface area contributed by atoms with Crippen LogP contribution in [0.5, 0.6) is 5.75 Å². The number of nitrogens with zero attached hydrogens (tertiary/aromatic N) is 1. The molecule has 0 aromatic heterocycles. The van der Waals surface area contributed by atoms with Crippen LogP contribution in [0.3, 0.4) is 0 Å². The number of hydrogen-bond donors (Lipinski definition) is 3. The van der Waals surface area contributed by atoms with E-state index in [0.717, 1.165) is 25.9 Å². The van der Waals surface area contributed by atoms with Crippen LogP contribution in [0.1, 0.15) is 31.4 Å². The van der Waals surface area contributed by atoms with Crippen LogP contribution in [0, 0.1) is 0 Å². The summed E-state index contributed by atoms with van der Waals surface area (Å²) in [5, 5.41) is 24.5. The third-order valence-electron chi connectivity index (χ3n) is 5.30. The maximum Gasteiger partial charge on any atom is 0.253 e. The second-order valence-corrected chi connectivity index (χ2v) is 9.01. The van der Waals surface area contributed by atoms with Crippen molar-refractivity contribution in [1.82, 2.24) is 10.2 Å². The van der Waals surface area contributed by atoms with E-state index in [9.17, 15) is 15.0 Å². The van der Waals surface area contributed by atoms with Crippen molar-refractivity contribution in [2.75, 3.05) is 26.2 Å². The fourth-order valence-electron chi connectivity index (χ4n) is 3.63. The molecular formula is C23H28Cl2N2O4. The van der Waals surface area contributed by atoms with Gasteiger partial charge >= 0.3 is 0 Å². The van der Waals surface area contributed by atoms with Crippen LogP contribution >= 0.6 is 23.2 Å². The van der Waals surface area contributed by atoms with Gasteiger partial charge in [0.05, 0.1) is 15.6 Å². The number of carbonyl (C=O) groups is 1. The zero-order valence-electron chi connectivity index (χ0n) is 17.4. The molecule has 1 heterocycles. The number of hydrogen-bond acceptors (Lipinski definition) is 5. The molecule has 0 radical (unpaired) electrons. The van der Waals surface area contributed by atoms with Gasteiger partial charge < -0.3 is 25.2 Å². The van der Waals surface area contributed by atoms with Gasteiger partial charge in [-0.2, -0.15) is 0 Å². The molecule has 1 amide bonds. The lowest BCUT2D eigenvalue weighted by Gasteiger charge is -2.36. The van der Waals surface area contributed by atoms with E-state index in [-0.39, 0.29) is 12.6 Å². The first-order valence-corrected chi connectivity index (χ1v) is 11.1. The van der Waals surface area contributed by atoms with Crippen LogP contribution in [0.2, 0.25) is 10.0 Å². The number of carbonyl (C=O) groups excluding carboxylic acids is 1. The number of nitrogens with one attached hydrogen (secondary N) is 1. The number of rotatable bonds is 8. The Morgan fingerprint density at radius 3 is 2.52 bits per heavy atom. The highest BCUT2D eigenvalue weighted by molar-refractivity contribution is 6.42. The molecule has 31 heavy (non-hydrogen) atoms. The van der Waals surface area contributed by atoms with E-state index in [1.807, 2.05) is 6.07 Å². The van der Waals surface area contributed by atoms with Gasteiger partial charge in [-0.15, -0.1) is 0 Å². The summed E-state index contributed by atoms with van der Waals surface area (Å²) < 4.78 is 6.00. The van der Waals surface area contributed by atoms with Crippen molar-refractivity contribution >= 4 is 29.1 Å². The zero-order valence-corrected chi connectivity index (χ0v) is 18.9. The SMILES string of the molecule is C[C@](O)(CNC(=O)[C@H](O)c1ccccc1)CN1CCC(Oc2ccc(Cl)c(Cl)c2)CC1. The molecule has 0 spiro atoms. The van der Waals surface area contributed by atoms with Gasteiger partial charge in [0.15, 0.2) is 6.10 Å². The fraction of sp³-hybridized carbons (Fsp3) is 0.435. The van der Waals surface area contributed by atoms with Gasteiger partial charge in [0.2, 0.25) is 0 Å². The highest BCUT2D eigenvalue weighted by atomic mass is 35.5. The number of β-amino-alcohol motifs (C(OH)–C–C–N with tert-alkyl or cyclic N) is 1. The van der Waals surface area contributed by atoms with Crippen molar-refractivity contribution in [3.8, 4) is 5.75 Å². The molecule has 6 nitrogen and oxygen atoms in total. The first kappa shape index (κ1) is 23.8. The average Bonchev–Trinajstić information content (AvgIpc) is 2.76.